The first-order valence-electron chi connectivity index (χ1n) is 4.98. The van der Waals surface area contributed by atoms with E-state index in [1.165, 1.54) is 21.2 Å². The lowest BCUT2D eigenvalue weighted by Gasteiger charge is -2.04. The molecule has 0 saturated carbocycles. The molecule has 14 heavy (non-hydrogen) atoms. The molecule has 0 saturated heterocycles. The van der Waals surface area contributed by atoms with Gasteiger partial charge in [0.05, 0.1) is 0 Å². The Balaban J connectivity index is 2.82. The van der Waals surface area contributed by atoms with Crippen molar-refractivity contribution in [1.29, 1.82) is 0 Å². The summed E-state index contributed by atoms with van der Waals surface area (Å²) in [4.78, 5) is 1.11. The fourth-order valence-corrected chi connectivity index (χ4v) is 3.29. The molecule has 2 aromatic rings. The average Bonchev–Trinajstić information content (AvgIpc) is 2.63. The van der Waals surface area contributed by atoms with Crippen LogP contribution in [0.25, 0.3) is 10.1 Å². The van der Waals surface area contributed by atoms with Crippen molar-refractivity contribution < 1.29 is 0 Å². The number of thiol groups is 1. The topological polar surface area (TPSA) is 0 Å². The number of hydrogen-bond acceptors (Lipinski definition) is 2. The minimum atomic E-state index is 1.11. The van der Waals surface area contributed by atoms with Gasteiger partial charge in [0.1, 0.15) is 0 Å². The van der Waals surface area contributed by atoms with Gasteiger partial charge in [-0.1, -0.05) is 19.9 Å². The highest BCUT2D eigenvalue weighted by Gasteiger charge is 2.08. The van der Waals surface area contributed by atoms with E-state index in [-0.39, 0.29) is 0 Å². The molecule has 0 atom stereocenters. The first kappa shape index (κ1) is 10.1. The van der Waals surface area contributed by atoms with Crippen molar-refractivity contribution in [1.82, 2.24) is 0 Å². The molecule has 74 valence electrons. The largest absolute Gasteiger partial charge is 0.142 e. The fraction of sp³-hybridized carbons (Fsp3) is 0.333. The summed E-state index contributed by atoms with van der Waals surface area (Å²) >= 11 is 6.32. The van der Waals surface area contributed by atoms with Crippen LogP contribution in [0.4, 0.5) is 0 Å². The molecule has 1 heterocycles. The van der Waals surface area contributed by atoms with Crippen LogP contribution in [0.2, 0.25) is 0 Å². The van der Waals surface area contributed by atoms with Crippen LogP contribution in [0.15, 0.2) is 22.4 Å². The standard InChI is InChI=1S/C12H14S2/c1-3-8-5-6-10(13)12-11(8)9(4-2)7-14-12/h5-7,13H,3-4H2,1-2H3. The summed E-state index contributed by atoms with van der Waals surface area (Å²) < 4.78 is 1.35. The monoisotopic (exact) mass is 222 g/mol. The Kier molecular flexibility index (Phi) is 2.84. The highest BCUT2D eigenvalue weighted by molar-refractivity contribution is 7.80. The van der Waals surface area contributed by atoms with Crippen LogP contribution in [-0.4, -0.2) is 0 Å². The van der Waals surface area contributed by atoms with E-state index in [0.29, 0.717) is 0 Å². The average molecular weight is 222 g/mol. The smallest absolute Gasteiger partial charge is 0.0481 e. The summed E-state index contributed by atoms with van der Waals surface area (Å²) in [5.74, 6) is 0. The van der Waals surface area contributed by atoms with Crippen LogP contribution >= 0.6 is 24.0 Å². The third kappa shape index (κ3) is 1.47. The van der Waals surface area contributed by atoms with Crippen molar-refractivity contribution >= 4 is 34.1 Å². The van der Waals surface area contributed by atoms with E-state index in [0.717, 1.165) is 17.7 Å². The van der Waals surface area contributed by atoms with E-state index >= 15 is 0 Å². The van der Waals surface area contributed by atoms with E-state index in [9.17, 15) is 0 Å². The summed E-state index contributed by atoms with van der Waals surface area (Å²) in [5, 5.41) is 3.72. The maximum absolute atomic E-state index is 4.50. The zero-order valence-electron chi connectivity index (χ0n) is 8.50. The molecule has 0 spiro atoms. The van der Waals surface area contributed by atoms with Crippen LogP contribution in [0.5, 0.6) is 0 Å². The molecule has 0 N–H and O–H groups in total. The molecule has 0 aliphatic carbocycles. The van der Waals surface area contributed by atoms with Crippen LogP contribution in [0.3, 0.4) is 0 Å². The normalized spacial score (nSPS) is 11.1. The maximum Gasteiger partial charge on any atom is 0.0481 e. The third-order valence-corrected chi connectivity index (χ3v) is 4.21. The SMILES string of the molecule is CCc1ccc(S)c2scc(CC)c12. The summed E-state index contributed by atoms with van der Waals surface area (Å²) in [7, 11) is 0. The lowest BCUT2D eigenvalue weighted by molar-refractivity contribution is 1.13. The molecule has 0 fully saturated rings. The van der Waals surface area contributed by atoms with Gasteiger partial charge in [-0.2, -0.15) is 0 Å². The van der Waals surface area contributed by atoms with Gasteiger partial charge in [-0.3, -0.25) is 0 Å². The molecule has 0 unspecified atom stereocenters. The van der Waals surface area contributed by atoms with Gasteiger partial charge in [-0.25, -0.2) is 0 Å². The van der Waals surface area contributed by atoms with E-state index in [1.807, 2.05) is 11.3 Å². The molecule has 0 bridgehead atoms. The van der Waals surface area contributed by atoms with E-state index in [1.54, 1.807) is 0 Å². The number of hydrogen-bond donors (Lipinski definition) is 1. The van der Waals surface area contributed by atoms with Gasteiger partial charge in [0, 0.05) is 9.60 Å². The molecule has 0 amide bonds. The lowest BCUT2D eigenvalue weighted by atomic mass is 10.0. The number of rotatable bonds is 2. The third-order valence-electron chi connectivity index (χ3n) is 2.63. The van der Waals surface area contributed by atoms with Crippen molar-refractivity contribution in [2.24, 2.45) is 0 Å². The van der Waals surface area contributed by atoms with Crippen molar-refractivity contribution in [3.63, 3.8) is 0 Å². The first-order valence-corrected chi connectivity index (χ1v) is 6.31. The van der Waals surface area contributed by atoms with Gasteiger partial charge in [0.2, 0.25) is 0 Å². The second-order valence-corrected chi connectivity index (χ2v) is 4.78. The van der Waals surface area contributed by atoms with Gasteiger partial charge in [-0.05, 0) is 40.8 Å². The molecule has 0 aliphatic heterocycles. The summed E-state index contributed by atoms with van der Waals surface area (Å²) in [6.45, 7) is 4.43. The van der Waals surface area contributed by atoms with Crippen LogP contribution in [0.1, 0.15) is 25.0 Å². The van der Waals surface area contributed by atoms with Crippen LogP contribution < -0.4 is 0 Å². The quantitative estimate of drug-likeness (QED) is 0.719. The van der Waals surface area contributed by atoms with Crippen molar-refractivity contribution in [2.75, 3.05) is 0 Å². The molecule has 1 aromatic heterocycles. The lowest BCUT2D eigenvalue weighted by Crippen LogP contribution is -1.85. The molecule has 0 nitrogen and oxygen atoms in total. The van der Waals surface area contributed by atoms with Crippen molar-refractivity contribution in [3.05, 3.63) is 28.6 Å². The maximum atomic E-state index is 4.50. The number of aryl methyl sites for hydroxylation is 2. The second kappa shape index (κ2) is 3.95. The highest BCUT2D eigenvalue weighted by atomic mass is 32.1. The van der Waals surface area contributed by atoms with Crippen LogP contribution in [-0.2, 0) is 12.8 Å². The molecular formula is C12H14S2. The molecular weight excluding hydrogens is 208 g/mol. The van der Waals surface area contributed by atoms with Gasteiger partial charge >= 0.3 is 0 Å². The minimum Gasteiger partial charge on any atom is -0.142 e. The molecule has 1 aromatic carbocycles. The Morgan fingerprint density at radius 2 is 1.86 bits per heavy atom. The Hall–Kier alpha value is -0.470. The Morgan fingerprint density at radius 3 is 2.50 bits per heavy atom. The van der Waals surface area contributed by atoms with Crippen molar-refractivity contribution in [3.8, 4) is 0 Å². The Labute approximate surface area is 94.4 Å². The molecule has 0 radical (unpaired) electrons. The number of benzene rings is 1. The molecule has 2 rings (SSSR count). The molecule has 2 heteroatoms. The van der Waals surface area contributed by atoms with Gasteiger partial charge in [0.25, 0.3) is 0 Å². The predicted octanol–water partition coefficient (Wildman–Crippen LogP) is 4.31. The number of fused-ring (bicyclic) bond motifs is 1. The van der Waals surface area contributed by atoms with Gasteiger partial charge in [-0.15, -0.1) is 24.0 Å². The predicted molar refractivity (Wildman–Crippen MR) is 67.8 cm³/mol. The Morgan fingerprint density at radius 1 is 1.14 bits per heavy atom. The summed E-state index contributed by atoms with van der Waals surface area (Å²) in [6.07, 6.45) is 2.22. The molecule has 0 aliphatic rings. The zero-order chi connectivity index (χ0) is 10.1. The van der Waals surface area contributed by atoms with E-state index in [4.69, 9.17) is 0 Å². The Bertz CT molecular complexity index is 455. The van der Waals surface area contributed by atoms with Crippen LogP contribution in [0, 0.1) is 0 Å². The fourth-order valence-electron chi connectivity index (χ4n) is 1.83. The highest BCUT2D eigenvalue weighted by Crippen LogP contribution is 2.34. The zero-order valence-corrected chi connectivity index (χ0v) is 10.2. The van der Waals surface area contributed by atoms with E-state index in [2.05, 4.69) is 44.0 Å². The van der Waals surface area contributed by atoms with Gasteiger partial charge < -0.3 is 0 Å². The first-order chi connectivity index (χ1) is 6.77. The minimum absolute atomic E-state index is 1.11. The van der Waals surface area contributed by atoms with E-state index < -0.39 is 0 Å². The summed E-state index contributed by atoms with van der Waals surface area (Å²) in [6, 6.07) is 4.32. The second-order valence-electron chi connectivity index (χ2n) is 3.42. The summed E-state index contributed by atoms with van der Waals surface area (Å²) in [5.41, 5.74) is 2.92. The number of thiophene rings is 1. The van der Waals surface area contributed by atoms with Gasteiger partial charge in [0.15, 0.2) is 0 Å². The van der Waals surface area contributed by atoms with Crippen molar-refractivity contribution in [2.45, 2.75) is 31.6 Å².